The highest BCUT2D eigenvalue weighted by Crippen LogP contribution is 2.44. The Hall–Kier alpha value is -6.18. The second-order valence-corrected chi connectivity index (χ2v) is 14.1. The van der Waals surface area contributed by atoms with Gasteiger partial charge in [-0.2, -0.15) is 21.9 Å². The fourth-order valence-corrected chi connectivity index (χ4v) is 6.77. The van der Waals surface area contributed by atoms with Gasteiger partial charge in [0.05, 0.1) is 19.4 Å². The van der Waals surface area contributed by atoms with Crippen LogP contribution in [0, 0.1) is 0 Å². The largest absolute Gasteiger partial charge is 0.505 e. The molecule has 18 heteroatoms. The summed E-state index contributed by atoms with van der Waals surface area (Å²) in [6.07, 6.45) is 0. The summed E-state index contributed by atoms with van der Waals surface area (Å²) in [5.41, 5.74) is 12.8. The smallest absolute Gasteiger partial charge is 0.296 e. The molecule has 0 heterocycles. The number of benzene rings is 6. The van der Waals surface area contributed by atoms with Crippen LogP contribution in [0.15, 0.2) is 115 Å². The molecule has 52 heavy (non-hydrogen) atoms. The highest BCUT2D eigenvalue weighted by atomic mass is 32.2. The average molecular weight is 745 g/mol. The van der Waals surface area contributed by atoms with E-state index in [4.69, 9.17) is 16.2 Å². The second kappa shape index (κ2) is 13.5. The first-order valence-corrected chi connectivity index (χ1v) is 17.8. The first kappa shape index (κ1) is 35.6. The Balaban J connectivity index is 1.35. The number of nitrogens with two attached hydrogens (primary N) is 2. The van der Waals surface area contributed by atoms with Crippen LogP contribution in [0.25, 0.3) is 32.7 Å². The quantitative estimate of drug-likeness (QED) is 0.0445. The molecular formula is C34H28N6O10S2. The van der Waals surface area contributed by atoms with E-state index in [1.54, 1.807) is 24.3 Å². The second-order valence-electron chi connectivity index (χ2n) is 11.3. The number of phenols is 2. The van der Waals surface area contributed by atoms with Crippen LogP contribution in [0.1, 0.15) is 5.56 Å². The molecule has 0 aliphatic heterocycles. The zero-order chi connectivity index (χ0) is 37.5. The molecular weight excluding hydrogens is 717 g/mol. The average Bonchev–Trinajstić information content (AvgIpc) is 3.09. The number of aliphatic hydroxyl groups is 1. The van der Waals surface area contributed by atoms with E-state index >= 15 is 0 Å². The fraction of sp³-hybridized carbons (Fsp3) is 0.0588. The molecule has 0 amide bonds. The van der Waals surface area contributed by atoms with Gasteiger partial charge in [0.25, 0.3) is 20.2 Å². The van der Waals surface area contributed by atoms with Crippen molar-refractivity contribution in [2.45, 2.75) is 16.4 Å². The highest BCUT2D eigenvalue weighted by Gasteiger charge is 2.24. The molecule has 0 saturated carbocycles. The fourth-order valence-electron chi connectivity index (χ4n) is 5.45. The summed E-state index contributed by atoms with van der Waals surface area (Å²) in [6, 6.07) is 20.4. The standard InChI is InChI=1S/C34H28N6O10S2/c1-50-28-12-18(4-9-27(28)38-40-31-30(52(47,48)49)14-20-11-22(35)6-7-24(20)33(31)42)17-3-8-26(21(10-17)16-41)37-39-32-29(51(44,45)46)13-19-2-5-23(36)15-25(19)34(32)43/h2-15,41-43H,16,35-36H2,1H3,(H,44,45,46)(H,47,48,49). The number of phenolic OH excluding ortho intramolecular Hbond substituents is 2. The van der Waals surface area contributed by atoms with Crippen LogP contribution in [-0.4, -0.2) is 48.4 Å². The van der Waals surface area contributed by atoms with E-state index < -0.39 is 59.5 Å². The summed E-state index contributed by atoms with van der Waals surface area (Å²) in [7, 11) is -8.34. The van der Waals surface area contributed by atoms with E-state index in [0.717, 1.165) is 12.1 Å². The lowest BCUT2D eigenvalue weighted by Gasteiger charge is -2.11. The number of anilines is 2. The molecule has 0 aliphatic carbocycles. The van der Waals surface area contributed by atoms with Crippen molar-refractivity contribution in [3.8, 4) is 28.4 Å². The molecule has 16 nitrogen and oxygen atoms in total. The molecule has 6 aromatic carbocycles. The van der Waals surface area contributed by atoms with Crippen LogP contribution in [0.2, 0.25) is 0 Å². The molecule has 0 atom stereocenters. The molecule has 0 unspecified atom stereocenters. The topological polar surface area (TPSA) is 280 Å². The van der Waals surface area contributed by atoms with E-state index in [9.17, 15) is 41.3 Å². The van der Waals surface area contributed by atoms with E-state index in [1.807, 2.05) is 0 Å². The van der Waals surface area contributed by atoms with Crippen LogP contribution < -0.4 is 16.2 Å². The maximum absolute atomic E-state index is 12.2. The number of rotatable bonds is 9. The monoisotopic (exact) mass is 744 g/mol. The van der Waals surface area contributed by atoms with Crippen molar-refractivity contribution in [3.63, 3.8) is 0 Å². The summed E-state index contributed by atoms with van der Waals surface area (Å²) < 4.78 is 73.9. The third kappa shape index (κ3) is 6.91. The Morgan fingerprint density at radius 3 is 1.77 bits per heavy atom. The molecule has 0 aromatic heterocycles. The van der Waals surface area contributed by atoms with Crippen molar-refractivity contribution in [1.82, 2.24) is 0 Å². The van der Waals surface area contributed by atoms with E-state index in [2.05, 4.69) is 20.5 Å². The minimum atomic E-state index is -4.85. The summed E-state index contributed by atoms with van der Waals surface area (Å²) in [5.74, 6) is -0.946. The van der Waals surface area contributed by atoms with Crippen molar-refractivity contribution in [2.75, 3.05) is 18.6 Å². The Bertz CT molecular complexity index is 2720. The van der Waals surface area contributed by atoms with Gasteiger partial charge >= 0.3 is 0 Å². The molecule has 0 bridgehead atoms. The van der Waals surface area contributed by atoms with Gasteiger partial charge in [-0.3, -0.25) is 9.11 Å². The SMILES string of the molecule is COc1cc(-c2ccc(N=Nc3c(S(=O)(=O)O)cc4ccc(N)cc4c3O)c(CO)c2)ccc1N=Nc1c(S(=O)(=O)O)cc2cc(N)ccc2c1O. The minimum Gasteiger partial charge on any atom is -0.505 e. The van der Waals surface area contributed by atoms with E-state index in [1.165, 1.54) is 55.6 Å². The summed E-state index contributed by atoms with van der Waals surface area (Å²) in [5, 5.41) is 48.9. The van der Waals surface area contributed by atoms with Crippen LogP contribution >= 0.6 is 0 Å². The number of aromatic hydroxyl groups is 2. The number of methoxy groups -OCH3 is 1. The van der Waals surface area contributed by atoms with Crippen LogP contribution in [-0.2, 0) is 26.8 Å². The van der Waals surface area contributed by atoms with Gasteiger partial charge < -0.3 is 31.5 Å². The number of ether oxygens (including phenoxy) is 1. The van der Waals surface area contributed by atoms with Gasteiger partial charge in [-0.05, 0) is 88.6 Å². The number of fused-ring (bicyclic) bond motifs is 2. The molecule has 266 valence electrons. The Labute approximate surface area is 295 Å². The van der Waals surface area contributed by atoms with Gasteiger partial charge in [-0.25, -0.2) is 0 Å². The van der Waals surface area contributed by atoms with Crippen molar-refractivity contribution in [3.05, 3.63) is 90.5 Å². The van der Waals surface area contributed by atoms with Crippen molar-refractivity contribution in [1.29, 1.82) is 0 Å². The number of nitrogens with zero attached hydrogens (tertiary/aromatic N) is 4. The minimum absolute atomic E-state index is 0.115. The van der Waals surface area contributed by atoms with E-state index in [0.29, 0.717) is 16.8 Å². The maximum atomic E-state index is 12.2. The Morgan fingerprint density at radius 1 is 0.615 bits per heavy atom. The molecule has 0 fully saturated rings. The zero-order valence-corrected chi connectivity index (χ0v) is 28.5. The van der Waals surface area contributed by atoms with Gasteiger partial charge in [0.1, 0.15) is 32.6 Å². The molecule has 6 aromatic rings. The number of aliphatic hydroxyl groups excluding tert-OH is 1. The summed E-state index contributed by atoms with van der Waals surface area (Å²) in [4.78, 5) is -1.38. The van der Waals surface area contributed by atoms with Gasteiger partial charge in [-0.15, -0.1) is 15.3 Å². The summed E-state index contributed by atoms with van der Waals surface area (Å²) in [6.45, 7) is -0.519. The molecule has 6 rings (SSSR count). The van der Waals surface area contributed by atoms with Crippen molar-refractivity contribution < 1.29 is 46.0 Å². The normalized spacial score (nSPS) is 12.4. The predicted octanol–water partition coefficient (Wildman–Crippen LogP) is 7.06. The van der Waals surface area contributed by atoms with Crippen LogP contribution in [0.4, 0.5) is 34.1 Å². The lowest BCUT2D eigenvalue weighted by molar-refractivity contribution is 0.282. The van der Waals surface area contributed by atoms with Crippen LogP contribution in [0.5, 0.6) is 17.2 Å². The highest BCUT2D eigenvalue weighted by molar-refractivity contribution is 7.86. The Kier molecular flexibility index (Phi) is 9.26. The van der Waals surface area contributed by atoms with Gasteiger partial charge in [0.15, 0.2) is 11.5 Å². The summed E-state index contributed by atoms with van der Waals surface area (Å²) >= 11 is 0. The van der Waals surface area contributed by atoms with Crippen molar-refractivity contribution >= 4 is 75.9 Å². The third-order valence-corrected chi connectivity index (χ3v) is 9.72. The lowest BCUT2D eigenvalue weighted by atomic mass is 10.0. The maximum Gasteiger partial charge on any atom is 0.296 e. The zero-order valence-electron chi connectivity index (χ0n) is 26.8. The molecule has 0 saturated heterocycles. The molecule has 9 N–H and O–H groups in total. The first-order chi connectivity index (χ1) is 24.6. The number of azo groups is 2. The van der Waals surface area contributed by atoms with E-state index in [-0.39, 0.29) is 49.9 Å². The number of hydrogen-bond donors (Lipinski definition) is 7. The molecule has 0 spiro atoms. The first-order valence-electron chi connectivity index (χ1n) is 14.9. The predicted molar refractivity (Wildman–Crippen MR) is 192 cm³/mol. The van der Waals surface area contributed by atoms with Gasteiger partial charge in [0, 0.05) is 27.7 Å². The van der Waals surface area contributed by atoms with Crippen molar-refractivity contribution in [2.24, 2.45) is 20.5 Å². The van der Waals surface area contributed by atoms with Gasteiger partial charge in [-0.1, -0.05) is 18.2 Å². The van der Waals surface area contributed by atoms with Crippen LogP contribution in [0.3, 0.4) is 0 Å². The molecule has 0 aliphatic rings. The van der Waals surface area contributed by atoms with Gasteiger partial charge in [0.2, 0.25) is 0 Å². The Morgan fingerprint density at radius 2 is 1.15 bits per heavy atom. The lowest BCUT2D eigenvalue weighted by Crippen LogP contribution is -1.99. The molecule has 0 radical (unpaired) electrons. The number of hydrogen-bond acceptors (Lipinski definition) is 14. The number of nitrogen functional groups attached to an aromatic ring is 2. The third-order valence-electron chi connectivity index (χ3n) is 7.99.